The average molecular weight is 407 g/mol. The number of nitrogens with zero attached hydrogens (tertiary/aromatic N) is 2. The Labute approximate surface area is 172 Å². The SMILES string of the molecule is CCCOC(=O)C(CC)n1cnc2scc(-c3ccc4ccccc4c3)c2c1=O. The predicted molar refractivity (Wildman–Crippen MR) is 117 cm³/mol. The Bertz CT molecular complexity index is 1240. The summed E-state index contributed by atoms with van der Waals surface area (Å²) in [6.45, 7) is 4.15. The molecule has 2 aromatic carbocycles. The Balaban J connectivity index is 1.83. The molecule has 4 aromatic rings. The number of hydrogen-bond acceptors (Lipinski definition) is 5. The Morgan fingerprint density at radius 3 is 2.72 bits per heavy atom. The highest BCUT2D eigenvalue weighted by atomic mass is 32.1. The topological polar surface area (TPSA) is 61.2 Å². The van der Waals surface area contributed by atoms with E-state index in [2.05, 4.69) is 29.2 Å². The summed E-state index contributed by atoms with van der Waals surface area (Å²) in [5.41, 5.74) is 1.60. The van der Waals surface area contributed by atoms with Crippen molar-refractivity contribution in [3.63, 3.8) is 0 Å². The zero-order chi connectivity index (χ0) is 20.4. The standard InChI is InChI=1S/C23H22N2O3S/c1-3-11-28-23(27)19(4-2)25-14-24-21-20(22(25)26)18(13-29-21)17-10-9-15-7-5-6-8-16(15)12-17/h5-10,12-14,19H,3-4,11H2,1-2H3. The molecule has 2 heterocycles. The van der Waals surface area contributed by atoms with Crippen LogP contribution in [0.1, 0.15) is 32.7 Å². The van der Waals surface area contributed by atoms with Gasteiger partial charge >= 0.3 is 5.97 Å². The van der Waals surface area contributed by atoms with Crippen LogP contribution < -0.4 is 5.56 Å². The molecule has 0 amide bonds. The first-order valence-electron chi connectivity index (χ1n) is 9.78. The Morgan fingerprint density at radius 1 is 1.17 bits per heavy atom. The highest BCUT2D eigenvalue weighted by Gasteiger charge is 2.23. The Morgan fingerprint density at radius 2 is 1.97 bits per heavy atom. The second-order valence-electron chi connectivity index (χ2n) is 6.94. The van der Waals surface area contributed by atoms with Gasteiger partial charge in [0.05, 0.1) is 18.3 Å². The lowest BCUT2D eigenvalue weighted by molar-refractivity contribution is -0.147. The maximum absolute atomic E-state index is 13.3. The van der Waals surface area contributed by atoms with Crippen LogP contribution in [0.4, 0.5) is 0 Å². The predicted octanol–water partition coefficient (Wildman–Crippen LogP) is 5.18. The average Bonchev–Trinajstić information content (AvgIpc) is 3.19. The third-order valence-corrected chi connectivity index (χ3v) is 5.91. The van der Waals surface area contributed by atoms with Crippen LogP contribution in [0.15, 0.2) is 59.0 Å². The maximum atomic E-state index is 13.3. The highest BCUT2D eigenvalue weighted by molar-refractivity contribution is 7.17. The van der Waals surface area contributed by atoms with Gasteiger partial charge in [0.2, 0.25) is 0 Å². The summed E-state index contributed by atoms with van der Waals surface area (Å²) >= 11 is 1.44. The zero-order valence-electron chi connectivity index (χ0n) is 16.4. The number of benzene rings is 2. The van der Waals surface area contributed by atoms with Crippen molar-refractivity contribution in [3.8, 4) is 11.1 Å². The summed E-state index contributed by atoms with van der Waals surface area (Å²) in [4.78, 5) is 30.9. The molecule has 0 bridgehead atoms. The Hall–Kier alpha value is -2.99. The van der Waals surface area contributed by atoms with E-state index in [1.54, 1.807) is 0 Å². The normalized spacial score (nSPS) is 12.3. The molecule has 148 valence electrons. The van der Waals surface area contributed by atoms with Crippen LogP contribution in [-0.4, -0.2) is 22.1 Å². The number of rotatable bonds is 6. The number of esters is 1. The number of thiophene rings is 1. The van der Waals surface area contributed by atoms with Crippen molar-refractivity contribution in [2.45, 2.75) is 32.7 Å². The fourth-order valence-electron chi connectivity index (χ4n) is 3.51. The molecule has 1 atom stereocenters. The van der Waals surface area contributed by atoms with Crippen LogP contribution in [0.5, 0.6) is 0 Å². The number of aromatic nitrogens is 2. The molecule has 4 rings (SSSR count). The molecule has 0 saturated heterocycles. The molecule has 0 aliphatic carbocycles. The summed E-state index contributed by atoms with van der Waals surface area (Å²) in [7, 11) is 0. The summed E-state index contributed by atoms with van der Waals surface area (Å²) in [6.07, 6.45) is 2.67. The molecule has 6 heteroatoms. The van der Waals surface area contributed by atoms with E-state index in [0.29, 0.717) is 23.2 Å². The molecule has 0 aliphatic rings. The number of ether oxygens (including phenoxy) is 1. The third kappa shape index (κ3) is 3.56. The van der Waals surface area contributed by atoms with Crippen molar-refractivity contribution in [1.29, 1.82) is 0 Å². The number of hydrogen-bond donors (Lipinski definition) is 0. The van der Waals surface area contributed by atoms with Crippen LogP contribution in [-0.2, 0) is 9.53 Å². The lowest BCUT2D eigenvalue weighted by Gasteiger charge is -2.16. The van der Waals surface area contributed by atoms with E-state index in [4.69, 9.17) is 4.74 Å². The molecule has 1 unspecified atom stereocenters. The van der Waals surface area contributed by atoms with Gasteiger partial charge in [0.15, 0.2) is 0 Å². The minimum atomic E-state index is -0.671. The first-order chi connectivity index (χ1) is 14.1. The largest absolute Gasteiger partial charge is 0.464 e. The van der Waals surface area contributed by atoms with Gasteiger partial charge < -0.3 is 4.74 Å². The molecule has 2 aromatic heterocycles. The fraction of sp³-hybridized carbons (Fsp3) is 0.261. The zero-order valence-corrected chi connectivity index (χ0v) is 17.2. The van der Waals surface area contributed by atoms with Crippen LogP contribution in [0.25, 0.3) is 32.1 Å². The number of fused-ring (bicyclic) bond motifs is 2. The lowest BCUT2D eigenvalue weighted by atomic mass is 10.0. The van der Waals surface area contributed by atoms with E-state index >= 15 is 0 Å². The molecule has 0 N–H and O–H groups in total. The van der Waals surface area contributed by atoms with E-state index in [1.807, 2.05) is 37.4 Å². The van der Waals surface area contributed by atoms with Gasteiger partial charge in [-0.3, -0.25) is 9.36 Å². The summed E-state index contributed by atoms with van der Waals surface area (Å²) in [5, 5.41) is 4.78. The van der Waals surface area contributed by atoms with Gasteiger partial charge in [0.1, 0.15) is 10.9 Å². The van der Waals surface area contributed by atoms with E-state index < -0.39 is 6.04 Å². The third-order valence-electron chi connectivity index (χ3n) is 5.02. The number of carbonyl (C=O) groups is 1. The second-order valence-corrected chi connectivity index (χ2v) is 7.80. The summed E-state index contributed by atoms with van der Waals surface area (Å²) < 4.78 is 6.70. The van der Waals surface area contributed by atoms with Crippen molar-refractivity contribution in [3.05, 3.63) is 64.5 Å². The van der Waals surface area contributed by atoms with E-state index in [1.165, 1.54) is 22.2 Å². The maximum Gasteiger partial charge on any atom is 0.329 e. The first kappa shape index (κ1) is 19.3. The summed E-state index contributed by atoms with van der Waals surface area (Å²) in [5.74, 6) is -0.389. The van der Waals surface area contributed by atoms with Gasteiger partial charge in [-0.05, 0) is 35.2 Å². The van der Waals surface area contributed by atoms with Crippen LogP contribution in [0, 0.1) is 0 Å². The van der Waals surface area contributed by atoms with Crippen molar-refractivity contribution < 1.29 is 9.53 Å². The van der Waals surface area contributed by atoms with Crippen molar-refractivity contribution >= 4 is 38.3 Å². The van der Waals surface area contributed by atoms with Crippen molar-refractivity contribution in [1.82, 2.24) is 9.55 Å². The van der Waals surface area contributed by atoms with Gasteiger partial charge in [-0.25, -0.2) is 9.78 Å². The molecule has 0 radical (unpaired) electrons. The van der Waals surface area contributed by atoms with E-state index in [0.717, 1.165) is 28.3 Å². The van der Waals surface area contributed by atoms with Crippen molar-refractivity contribution in [2.75, 3.05) is 6.61 Å². The quantitative estimate of drug-likeness (QED) is 0.414. The van der Waals surface area contributed by atoms with E-state index in [9.17, 15) is 9.59 Å². The van der Waals surface area contributed by atoms with Crippen LogP contribution in [0.2, 0.25) is 0 Å². The Kier molecular flexibility index (Phi) is 5.45. The molecular formula is C23H22N2O3S. The molecule has 0 spiro atoms. The minimum absolute atomic E-state index is 0.209. The van der Waals surface area contributed by atoms with Gasteiger partial charge in [-0.1, -0.05) is 50.2 Å². The monoisotopic (exact) mass is 406 g/mol. The molecule has 29 heavy (non-hydrogen) atoms. The van der Waals surface area contributed by atoms with E-state index in [-0.39, 0.29) is 11.5 Å². The second kappa shape index (κ2) is 8.17. The molecule has 0 aliphatic heterocycles. The van der Waals surface area contributed by atoms with Crippen LogP contribution in [0.3, 0.4) is 0 Å². The fourth-order valence-corrected chi connectivity index (χ4v) is 4.42. The lowest BCUT2D eigenvalue weighted by Crippen LogP contribution is -2.31. The molecule has 0 saturated carbocycles. The number of carbonyl (C=O) groups excluding carboxylic acids is 1. The smallest absolute Gasteiger partial charge is 0.329 e. The molecule has 5 nitrogen and oxygen atoms in total. The van der Waals surface area contributed by atoms with Crippen molar-refractivity contribution in [2.24, 2.45) is 0 Å². The van der Waals surface area contributed by atoms with Crippen LogP contribution >= 0.6 is 11.3 Å². The van der Waals surface area contributed by atoms with Gasteiger partial charge in [-0.15, -0.1) is 11.3 Å². The minimum Gasteiger partial charge on any atom is -0.464 e. The van der Waals surface area contributed by atoms with Gasteiger partial charge in [0, 0.05) is 10.9 Å². The van der Waals surface area contributed by atoms with Gasteiger partial charge in [-0.2, -0.15) is 0 Å². The summed E-state index contributed by atoms with van der Waals surface area (Å²) in [6, 6.07) is 13.6. The molecular weight excluding hydrogens is 384 g/mol. The first-order valence-corrected chi connectivity index (χ1v) is 10.7. The molecule has 0 fully saturated rings. The van der Waals surface area contributed by atoms with Gasteiger partial charge in [0.25, 0.3) is 5.56 Å². The highest BCUT2D eigenvalue weighted by Crippen LogP contribution is 2.32.